The van der Waals surface area contributed by atoms with E-state index in [2.05, 4.69) is 15.2 Å². The van der Waals surface area contributed by atoms with Crippen LogP contribution in [0.5, 0.6) is 5.75 Å². The van der Waals surface area contributed by atoms with Crippen LogP contribution in [-0.4, -0.2) is 16.4 Å². The fraction of sp³-hybridized carbons (Fsp3) is 0.400. The van der Waals surface area contributed by atoms with Gasteiger partial charge in [-0.3, -0.25) is 4.68 Å². The van der Waals surface area contributed by atoms with Crippen molar-refractivity contribution in [3.05, 3.63) is 47.3 Å². The molecule has 0 saturated heterocycles. The Balaban J connectivity index is 1.94. The second-order valence-corrected chi connectivity index (χ2v) is 4.93. The fourth-order valence-corrected chi connectivity index (χ4v) is 2.04. The van der Waals surface area contributed by atoms with E-state index in [-0.39, 0.29) is 11.8 Å². The molecule has 0 aliphatic carbocycles. The summed E-state index contributed by atoms with van der Waals surface area (Å²) in [4.78, 5) is 0. The zero-order valence-electron chi connectivity index (χ0n) is 12.3. The molecular weight excluding hydrogens is 276 g/mol. The Hall–Kier alpha value is -1.95. The number of hydrogen-bond donors (Lipinski definition) is 1. The highest BCUT2D eigenvalue weighted by Crippen LogP contribution is 2.19. The van der Waals surface area contributed by atoms with E-state index >= 15 is 0 Å². The Morgan fingerprint density at radius 3 is 2.48 bits per heavy atom. The van der Waals surface area contributed by atoms with Gasteiger partial charge in [-0.25, -0.2) is 0 Å². The lowest BCUT2D eigenvalue weighted by atomic mass is 10.1. The van der Waals surface area contributed by atoms with Gasteiger partial charge in [-0.15, -0.1) is 0 Å². The van der Waals surface area contributed by atoms with Gasteiger partial charge in [0.25, 0.3) is 0 Å². The number of hydrogen-bond acceptors (Lipinski definition) is 3. The van der Waals surface area contributed by atoms with Gasteiger partial charge in [-0.1, -0.05) is 12.1 Å². The molecule has 1 heterocycles. The van der Waals surface area contributed by atoms with Crippen molar-refractivity contribution in [3.63, 3.8) is 0 Å². The maximum atomic E-state index is 12.1. The topological polar surface area (TPSA) is 39.1 Å². The summed E-state index contributed by atoms with van der Waals surface area (Å²) in [5.74, 6) is 0.170. The molecule has 0 aliphatic rings. The fourth-order valence-electron chi connectivity index (χ4n) is 2.04. The van der Waals surface area contributed by atoms with Crippen LogP contribution in [0.15, 0.2) is 30.5 Å². The number of ether oxygens (including phenoxy) is 1. The van der Waals surface area contributed by atoms with Gasteiger partial charge in [0.1, 0.15) is 5.75 Å². The van der Waals surface area contributed by atoms with Crippen molar-refractivity contribution in [1.82, 2.24) is 15.1 Å². The first kappa shape index (κ1) is 15.4. The lowest BCUT2D eigenvalue weighted by molar-refractivity contribution is -0.0498. The van der Waals surface area contributed by atoms with Crippen LogP contribution in [0, 0.1) is 6.92 Å². The van der Waals surface area contributed by atoms with E-state index in [0.717, 1.165) is 16.8 Å². The minimum absolute atomic E-state index is 0.102. The van der Waals surface area contributed by atoms with Gasteiger partial charge >= 0.3 is 6.61 Å². The molecule has 4 nitrogen and oxygen atoms in total. The summed E-state index contributed by atoms with van der Waals surface area (Å²) in [7, 11) is 1.91. The highest BCUT2D eigenvalue weighted by molar-refractivity contribution is 5.29. The van der Waals surface area contributed by atoms with Crippen LogP contribution in [0.3, 0.4) is 0 Å². The number of halogens is 2. The molecule has 0 aliphatic heterocycles. The molecule has 2 rings (SSSR count). The summed E-state index contributed by atoms with van der Waals surface area (Å²) >= 11 is 0. The number of aromatic nitrogens is 2. The lowest BCUT2D eigenvalue weighted by Crippen LogP contribution is -2.18. The Morgan fingerprint density at radius 1 is 1.29 bits per heavy atom. The Kier molecular flexibility index (Phi) is 4.90. The van der Waals surface area contributed by atoms with E-state index in [1.807, 2.05) is 31.8 Å². The quantitative estimate of drug-likeness (QED) is 0.889. The standard InChI is InChI=1S/C15H19F2N3O/c1-10(18-8-13-9-19-20(3)11(13)2)12-4-6-14(7-5-12)21-15(16)17/h4-7,9-10,15,18H,8H2,1-3H3. The molecule has 1 aromatic heterocycles. The molecule has 1 unspecified atom stereocenters. The molecule has 0 amide bonds. The van der Waals surface area contributed by atoms with Crippen LogP contribution in [0.4, 0.5) is 8.78 Å². The Bertz CT molecular complexity index is 581. The van der Waals surface area contributed by atoms with Crippen LogP contribution in [0.2, 0.25) is 0 Å². The summed E-state index contributed by atoms with van der Waals surface area (Å²) in [6, 6.07) is 6.77. The molecule has 114 valence electrons. The van der Waals surface area contributed by atoms with Gasteiger partial charge in [0.05, 0.1) is 6.20 Å². The summed E-state index contributed by atoms with van der Waals surface area (Å²) in [5.41, 5.74) is 3.27. The largest absolute Gasteiger partial charge is 0.435 e. The predicted molar refractivity (Wildman–Crippen MR) is 76.3 cm³/mol. The van der Waals surface area contributed by atoms with E-state index in [1.54, 1.807) is 24.3 Å². The van der Waals surface area contributed by atoms with E-state index < -0.39 is 6.61 Å². The normalized spacial score (nSPS) is 12.7. The summed E-state index contributed by atoms with van der Waals surface area (Å²) in [6.45, 7) is 1.95. The highest BCUT2D eigenvalue weighted by Gasteiger charge is 2.09. The third-order valence-corrected chi connectivity index (χ3v) is 3.54. The molecule has 0 bridgehead atoms. The van der Waals surface area contributed by atoms with Crippen LogP contribution < -0.4 is 10.1 Å². The Labute approximate surface area is 122 Å². The van der Waals surface area contributed by atoms with Gasteiger partial charge in [0.15, 0.2) is 0 Å². The van der Waals surface area contributed by atoms with Crippen LogP contribution in [0.1, 0.15) is 29.8 Å². The molecule has 2 aromatic rings. The minimum Gasteiger partial charge on any atom is -0.435 e. The van der Waals surface area contributed by atoms with Crippen LogP contribution in [0.25, 0.3) is 0 Å². The van der Waals surface area contributed by atoms with Crippen molar-refractivity contribution in [1.29, 1.82) is 0 Å². The average Bonchev–Trinajstić information content (AvgIpc) is 2.76. The van der Waals surface area contributed by atoms with Crippen molar-refractivity contribution in [2.45, 2.75) is 33.0 Å². The average molecular weight is 295 g/mol. The first-order chi connectivity index (χ1) is 9.97. The zero-order chi connectivity index (χ0) is 15.4. The number of alkyl halides is 2. The SMILES string of the molecule is Cc1c(CNC(C)c2ccc(OC(F)F)cc2)cnn1C. The van der Waals surface area contributed by atoms with Gasteiger partial charge in [0.2, 0.25) is 0 Å². The van der Waals surface area contributed by atoms with E-state index in [4.69, 9.17) is 0 Å². The van der Waals surface area contributed by atoms with Crippen molar-refractivity contribution in [2.24, 2.45) is 7.05 Å². The smallest absolute Gasteiger partial charge is 0.387 e. The number of aryl methyl sites for hydroxylation is 1. The first-order valence-electron chi connectivity index (χ1n) is 6.73. The lowest BCUT2D eigenvalue weighted by Gasteiger charge is -2.15. The van der Waals surface area contributed by atoms with Crippen molar-refractivity contribution in [2.75, 3.05) is 0 Å². The van der Waals surface area contributed by atoms with Gasteiger partial charge in [-0.05, 0) is 31.5 Å². The molecular formula is C15H19F2N3O. The molecule has 1 aromatic carbocycles. The molecule has 0 radical (unpaired) electrons. The number of nitrogens with one attached hydrogen (secondary N) is 1. The molecule has 1 atom stereocenters. The van der Waals surface area contributed by atoms with Crippen molar-refractivity contribution < 1.29 is 13.5 Å². The van der Waals surface area contributed by atoms with Crippen molar-refractivity contribution in [3.8, 4) is 5.75 Å². The summed E-state index contributed by atoms with van der Waals surface area (Å²) in [6.07, 6.45) is 1.84. The summed E-state index contributed by atoms with van der Waals surface area (Å²) < 4.78 is 30.3. The second kappa shape index (κ2) is 6.67. The number of benzene rings is 1. The first-order valence-corrected chi connectivity index (χ1v) is 6.73. The number of rotatable bonds is 6. The van der Waals surface area contributed by atoms with Gasteiger partial charge < -0.3 is 10.1 Å². The maximum absolute atomic E-state index is 12.1. The van der Waals surface area contributed by atoms with Crippen LogP contribution in [-0.2, 0) is 13.6 Å². The molecule has 6 heteroatoms. The molecule has 0 spiro atoms. The van der Waals surface area contributed by atoms with Gasteiger partial charge in [-0.2, -0.15) is 13.9 Å². The van der Waals surface area contributed by atoms with Crippen molar-refractivity contribution >= 4 is 0 Å². The minimum atomic E-state index is -2.79. The van der Waals surface area contributed by atoms with E-state index in [1.165, 1.54) is 0 Å². The molecule has 0 fully saturated rings. The maximum Gasteiger partial charge on any atom is 0.387 e. The van der Waals surface area contributed by atoms with E-state index in [0.29, 0.717) is 6.54 Å². The third kappa shape index (κ3) is 4.01. The highest BCUT2D eigenvalue weighted by atomic mass is 19.3. The summed E-state index contributed by atoms with van der Waals surface area (Å²) in [5, 5.41) is 7.58. The molecule has 1 N–H and O–H groups in total. The second-order valence-electron chi connectivity index (χ2n) is 4.93. The zero-order valence-corrected chi connectivity index (χ0v) is 12.3. The van der Waals surface area contributed by atoms with Crippen LogP contribution >= 0.6 is 0 Å². The van der Waals surface area contributed by atoms with Gasteiger partial charge in [0, 0.05) is 30.9 Å². The van der Waals surface area contributed by atoms with E-state index in [9.17, 15) is 8.78 Å². The third-order valence-electron chi connectivity index (χ3n) is 3.54. The molecule has 21 heavy (non-hydrogen) atoms. The Morgan fingerprint density at radius 2 is 1.95 bits per heavy atom. The molecule has 0 saturated carbocycles. The monoisotopic (exact) mass is 295 g/mol. The number of nitrogens with zero attached hydrogens (tertiary/aromatic N) is 2. The predicted octanol–water partition coefficient (Wildman–Crippen LogP) is 3.18.